The van der Waals surface area contributed by atoms with Gasteiger partial charge in [0.05, 0.1) is 5.92 Å². The topological polar surface area (TPSA) is 57.6 Å². The first-order valence-corrected chi connectivity index (χ1v) is 7.84. The molecule has 2 bridgehead atoms. The van der Waals surface area contributed by atoms with Gasteiger partial charge in [0, 0.05) is 22.6 Å². The van der Waals surface area contributed by atoms with Gasteiger partial charge in [-0.05, 0) is 43.0 Å². The van der Waals surface area contributed by atoms with Gasteiger partial charge < -0.3 is 10.0 Å². The first kappa shape index (κ1) is 14.3. The fraction of sp³-hybridized carbons (Fsp3) is 0.375. The number of carbonyl (C=O) groups excluding carboxylic acids is 1. The highest BCUT2D eigenvalue weighted by atomic mass is 79.9. The van der Waals surface area contributed by atoms with Crippen molar-refractivity contribution in [2.24, 2.45) is 5.92 Å². The molecule has 2 aliphatic heterocycles. The maximum absolute atomic E-state index is 12.4. The second kappa shape index (κ2) is 5.64. The zero-order chi connectivity index (χ0) is 15.0. The van der Waals surface area contributed by atoms with Crippen LogP contribution < -0.4 is 0 Å². The molecule has 21 heavy (non-hydrogen) atoms. The van der Waals surface area contributed by atoms with Crippen molar-refractivity contribution < 1.29 is 14.7 Å². The van der Waals surface area contributed by atoms with Gasteiger partial charge in [-0.25, -0.2) is 0 Å². The molecule has 3 atom stereocenters. The highest BCUT2D eigenvalue weighted by molar-refractivity contribution is 9.10. The average Bonchev–Trinajstić information content (AvgIpc) is 3.02. The number of hydrogen-bond donors (Lipinski definition) is 1. The summed E-state index contributed by atoms with van der Waals surface area (Å²) in [6, 6.07) is 7.66. The van der Waals surface area contributed by atoms with Crippen molar-refractivity contribution in [2.75, 3.05) is 0 Å². The van der Waals surface area contributed by atoms with Gasteiger partial charge in [0.1, 0.15) is 0 Å². The van der Waals surface area contributed by atoms with E-state index in [0.29, 0.717) is 6.42 Å². The first-order valence-electron chi connectivity index (χ1n) is 7.05. The van der Waals surface area contributed by atoms with Gasteiger partial charge in [-0.1, -0.05) is 28.1 Å². The van der Waals surface area contributed by atoms with Crippen LogP contribution >= 0.6 is 15.9 Å². The molecule has 3 rings (SSSR count). The molecule has 0 radical (unpaired) electrons. The third-order valence-electron chi connectivity index (χ3n) is 4.38. The van der Waals surface area contributed by atoms with Crippen molar-refractivity contribution in [3.63, 3.8) is 0 Å². The molecule has 2 saturated heterocycles. The Balaban J connectivity index is 1.73. The van der Waals surface area contributed by atoms with Crippen LogP contribution in [0.15, 0.2) is 34.8 Å². The number of rotatable bonds is 3. The first-order chi connectivity index (χ1) is 10.1. The summed E-state index contributed by atoms with van der Waals surface area (Å²) in [6.45, 7) is 0. The summed E-state index contributed by atoms with van der Waals surface area (Å²) in [4.78, 5) is 25.4. The van der Waals surface area contributed by atoms with E-state index in [2.05, 4.69) is 15.9 Å². The number of carboxylic acids is 1. The van der Waals surface area contributed by atoms with E-state index in [-0.39, 0.29) is 18.0 Å². The Morgan fingerprint density at radius 3 is 2.81 bits per heavy atom. The van der Waals surface area contributed by atoms with Crippen LogP contribution in [0.5, 0.6) is 0 Å². The summed E-state index contributed by atoms with van der Waals surface area (Å²) in [7, 11) is 0. The van der Waals surface area contributed by atoms with Gasteiger partial charge in [0.2, 0.25) is 5.91 Å². The molecule has 2 heterocycles. The second-order valence-corrected chi connectivity index (χ2v) is 6.53. The van der Waals surface area contributed by atoms with Gasteiger partial charge in [-0.15, -0.1) is 0 Å². The second-order valence-electron chi connectivity index (χ2n) is 5.61. The van der Waals surface area contributed by atoms with Crippen molar-refractivity contribution >= 4 is 33.9 Å². The van der Waals surface area contributed by atoms with Crippen LogP contribution in [-0.2, 0) is 9.59 Å². The number of benzene rings is 1. The molecule has 1 N–H and O–H groups in total. The van der Waals surface area contributed by atoms with Gasteiger partial charge in [0.15, 0.2) is 0 Å². The zero-order valence-corrected chi connectivity index (χ0v) is 13.0. The molecule has 0 saturated carbocycles. The Labute approximate surface area is 131 Å². The third-order valence-corrected chi connectivity index (χ3v) is 4.87. The predicted molar refractivity (Wildman–Crippen MR) is 82.6 cm³/mol. The minimum absolute atomic E-state index is 0.0776. The standard InChI is InChI=1S/C16H16BrNO3/c17-11-3-1-2-10(8-11)4-7-15(19)18-12-5-6-14(18)13(9-12)16(20)21/h1-4,7-8,12-14H,5-6,9H2,(H,20,21). The summed E-state index contributed by atoms with van der Waals surface area (Å²) < 4.78 is 0.962. The highest BCUT2D eigenvalue weighted by Gasteiger charge is 2.50. The van der Waals surface area contributed by atoms with Crippen molar-refractivity contribution in [2.45, 2.75) is 31.3 Å². The number of carboxylic acid groups (broad SMARTS) is 1. The van der Waals surface area contributed by atoms with E-state index >= 15 is 0 Å². The number of hydrogen-bond acceptors (Lipinski definition) is 2. The van der Waals surface area contributed by atoms with Crippen molar-refractivity contribution in [1.82, 2.24) is 4.90 Å². The van der Waals surface area contributed by atoms with E-state index in [1.54, 1.807) is 17.1 Å². The lowest BCUT2D eigenvalue weighted by molar-refractivity contribution is -0.143. The molecule has 110 valence electrons. The molecule has 3 unspecified atom stereocenters. The minimum atomic E-state index is -0.782. The van der Waals surface area contributed by atoms with Crippen molar-refractivity contribution in [3.8, 4) is 0 Å². The molecule has 0 aromatic heterocycles. The highest BCUT2D eigenvalue weighted by Crippen LogP contribution is 2.41. The lowest BCUT2D eigenvalue weighted by Crippen LogP contribution is -2.36. The summed E-state index contributed by atoms with van der Waals surface area (Å²) in [5.41, 5.74) is 0.944. The normalized spacial score (nSPS) is 27.5. The van der Waals surface area contributed by atoms with E-state index in [1.165, 1.54) is 0 Å². The molecular formula is C16H16BrNO3. The molecule has 1 aromatic rings. The smallest absolute Gasteiger partial charge is 0.308 e. The Kier molecular flexibility index (Phi) is 3.85. The quantitative estimate of drug-likeness (QED) is 0.853. The van der Waals surface area contributed by atoms with Crippen LogP contribution in [0.2, 0.25) is 0 Å². The predicted octanol–water partition coefficient (Wildman–Crippen LogP) is 2.93. The number of aliphatic carboxylic acids is 1. The molecule has 4 nitrogen and oxygen atoms in total. The molecule has 1 aromatic carbocycles. The molecule has 2 aliphatic rings. The molecule has 0 aliphatic carbocycles. The van der Waals surface area contributed by atoms with Crippen molar-refractivity contribution in [1.29, 1.82) is 0 Å². The molecule has 5 heteroatoms. The van der Waals surface area contributed by atoms with Crippen LogP contribution in [0.4, 0.5) is 0 Å². The Morgan fingerprint density at radius 1 is 1.33 bits per heavy atom. The van der Waals surface area contributed by atoms with Gasteiger partial charge in [-0.3, -0.25) is 9.59 Å². The summed E-state index contributed by atoms with van der Waals surface area (Å²) >= 11 is 3.39. The number of carbonyl (C=O) groups is 2. The van der Waals surface area contributed by atoms with Crippen LogP contribution in [-0.4, -0.2) is 34.0 Å². The summed E-state index contributed by atoms with van der Waals surface area (Å²) in [5.74, 6) is -1.26. The van der Waals surface area contributed by atoms with Crippen LogP contribution in [0.25, 0.3) is 6.08 Å². The van der Waals surface area contributed by atoms with Gasteiger partial charge in [0.25, 0.3) is 0 Å². The van der Waals surface area contributed by atoms with Crippen molar-refractivity contribution in [3.05, 3.63) is 40.4 Å². The largest absolute Gasteiger partial charge is 0.481 e. The molecular weight excluding hydrogens is 334 g/mol. The third kappa shape index (κ3) is 2.75. The fourth-order valence-electron chi connectivity index (χ4n) is 3.46. The van der Waals surface area contributed by atoms with E-state index < -0.39 is 11.9 Å². The van der Waals surface area contributed by atoms with E-state index in [0.717, 1.165) is 22.9 Å². The van der Waals surface area contributed by atoms with Crippen LogP contribution in [0.1, 0.15) is 24.8 Å². The minimum Gasteiger partial charge on any atom is -0.481 e. The summed E-state index contributed by atoms with van der Waals surface area (Å²) in [5, 5.41) is 9.21. The lowest BCUT2D eigenvalue weighted by atomic mass is 9.89. The maximum atomic E-state index is 12.4. The number of fused-ring (bicyclic) bond motifs is 2. The van der Waals surface area contributed by atoms with Gasteiger partial charge >= 0.3 is 5.97 Å². The van der Waals surface area contributed by atoms with E-state index in [4.69, 9.17) is 0 Å². The Bertz CT molecular complexity index is 613. The maximum Gasteiger partial charge on any atom is 0.308 e. The van der Waals surface area contributed by atoms with Gasteiger partial charge in [-0.2, -0.15) is 0 Å². The fourth-order valence-corrected chi connectivity index (χ4v) is 3.88. The van der Waals surface area contributed by atoms with E-state index in [9.17, 15) is 14.7 Å². The Hall–Kier alpha value is -1.62. The molecule has 0 spiro atoms. The monoisotopic (exact) mass is 349 g/mol. The van der Waals surface area contributed by atoms with Crippen LogP contribution in [0, 0.1) is 5.92 Å². The Morgan fingerprint density at radius 2 is 2.14 bits per heavy atom. The number of nitrogens with zero attached hydrogens (tertiary/aromatic N) is 1. The molecule has 1 amide bonds. The average molecular weight is 350 g/mol. The molecule has 2 fully saturated rings. The van der Waals surface area contributed by atoms with E-state index in [1.807, 2.05) is 24.3 Å². The number of halogens is 1. The zero-order valence-electron chi connectivity index (χ0n) is 11.4. The lowest BCUT2D eigenvalue weighted by Gasteiger charge is -2.21. The number of amides is 1. The van der Waals surface area contributed by atoms with Crippen LogP contribution in [0.3, 0.4) is 0 Å². The SMILES string of the molecule is O=C(O)C1CC2CCC1N2C(=O)C=Cc1cccc(Br)c1. The summed E-state index contributed by atoms with van der Waals surface area (Å²) in [6.07, 6.45) is 5.65.